The first-order valence-corrected chi connectivity index (χ1v) is 10.5. The molecule has 0 aromatic heterocycles. The number of carbonyl (C=O) groups is 2. The quantitative estimate of drug-likeness (QED) is 0.777. The van der Waals surface area contributed by atoms with E-state index in [1.807, 2.05) is 30.3 Å². The van der Waals surface area contributed by atoms with Gasteiger partial charge < -0.3 is 19.6 Å². The van der Waals surface area contributed by atoms with E-state index < -0.39 is 5.60 Å². The molecule has 160 valence electrons. The number of methoxy groups -OCH3 is 1. The molecule has 2 heterocycles. The van der Waals surface area contributed by atoms with Crippen LogP contribution in [-0.4, -0.2) is 65.6 Å². The molecule has 1 N–H and O–H groups in total. The molecule has 1 saturated heterocycles. The van der Waals surface area contributed by atoms with E-state index >= 15 is 0 Å². The van der Waals surface area contributed by atoms with Crippen molar-refractivity contribution >= 4 is 11.8 Å². The predicted octanol–water partition coefficient (Wildman–Crippen LogP) is 0.456. The minimum Gasteiger partial charge on any atom is -0.497 e. The lowest BCUT2D eigenvalue weighted by molar-refractivity contribution is -0.143. The Morgan fingerprint density at radius 3 is 2.26 bits per heavy atom. The summed E-state index contributed by atoms with van der Waals surface area (Å²) in [5.41, 5.74) is 0.365. The van der Waals surface area contributed by atoms with Gasteiger partial charge in [-0.25, -0.2) is 0 Å². The number of rotatable bonds is 4. The summed E-state index contributed by atoms with van der Waals surface area (Å²) in [6, 6.07) is 13.0. The molecular weight excluding hydrogens is 396 g/mol. The van der Waals surface area contributed by atoms with Gasteiger partial charge in [-0.1, -0.05) is 12.1 Å². The molecule has 2 aromatic rings. The Bertz CT molecular complexity index is 1150. The highest BCUT2D eigenvalue weighted by molar-refractivity contribution is 5.94. The second-order valence-corrected chi connectivity index (χ2v) is 8.22. The molecule has 1 unspecified atom stereocenters. The molecule has 0 bridgehead atoms. The lowest BCUT2D eigenvalue weighted by Gasteiger charge is -2.35. The normalized spacial score (nSPS) is 21.0. The zero-order chi connectivity index (χ0) is 21.6. The van der Waals surface area contributed by atoms with Gasteiger partial charge in [-0.2, -0.15) is 0 Å². The van der Waals surface area contributed by atoms with Gasteiger partial charge in [-0.3, -0.25) is 19.6 Å². The molecule has 2 aliphatic heterocycles. The molecule has 2 amide bonds. The monoisotopic (exact) mass is 420 g/mol. The van der Waals surface area contributed by atoms with Crippen molar-refractivity contribution in [2.45, 2.75) is 24.6 Å². The van der Waals surface area contributed by atoms with Gasteiger partial charge in [0, 0.05) is 37.8 Å². The number of fused-ring (bicyclic) bond motifs is 1. The number of carbonyl (C=O) groups excluding carboxylic acids is 2. The highest BCUT2D eigenvalue weighted by Gasteiger charge is 2.50. The molecule has 8 heteroatoms. The summed E-state index contributed by atoms with van der Waals surface area (Å²) >= 11 is 0. The smallest absolute Gasteiger partial charge is 0.254 e. The Morgan fingerprint density at radius 2 is 1.61 bits per heavy atom. The average molecular weight is 420 g/mol. The molecule has 2 fully saturated rings. The molecule has 31 heavy (non-hydrogen) atoms. The number of ether oxygens (including phenoxy) is 1. The molecule has 1 atom stereocenters. The summed E-state index contributed by atoms with van der Waals surface area (Å²) in [4.78, 5) is 37.8. The SMILES string of the molecule is COc1ccc2c(c1)=NC(c1ccc(C(=O)N3CCN(C(=O)C4(O)CC4)CC3)cc1)N=2. The fourth-order valence-electron chi connectivity index (χ4n) is 4.00. The van der Waals surface area contributed by atoms with Crippen LogP contribution in [0.25, 0.3) is 0 Å². The van der Waals surface area contributed by atoms with Crippen LogP contribution in [-0.2, 0) is 4.79 Å². The molecule has 3 aliphatic rings. The van der Waals surface area contributed by atoms with Gasteiger partial charge in [0.25, 0.3) is 11.8 Å². The number of piperazine rings is 1. The number of benzene rings is 2. The van der Waals surface area contributed by atoms with Gasteiger partial charge in [0.1, 0.15) is 11.4 Å². The maximum Gasteiger partial charge on any atom is 0.254 e. The standard InChI is InChI=1S/C23H24N4O4/c1-31-17-6-7-18-19(14-17)25-20(24-18)15-2-4-16(5-3-15)21(28)26-10-12-27(13-11-26)22(29)23(30)8-9-23/h2-7,14,20,30H,8-13H2,1H3. The summed E-state index contributed by atoms with van der Waals surface area (Å²) in [6.45, 7) is 1.83. The van der Waals surface area contributed by atoms with Crippen LogP contribution in [0.1, 0.15) is 34.9 Å². The van der Waals surface area contributed by atoms with Crippen LogP contribution in [0.4, 0.5) is 0 Å². The number of hydrogen-bond donors (Lipinski definition) is 1. The largest absolute Gasteiger partial charge is 0.497 e. The fraction of sp³-hybridized carbons (Fsp3) is 0.391. The summed E-state index contributed by atoms with van der Waals surface area (Å²) in [6.07, 6.45) is 0.749. The van der Waals surface area contributed by atoms with E-state index in [4.69, 9.17) is 4.74 Å². The van der Waals surface area contributed by atoms with Crippen molar-refractivity contribution < 1.29 is 19.4 Å². The Labute approximate surface area is 179 Å². The summed E-state index contributed by atoms with van der Waals surface area (Å²) < 4.78 is 5.24. The summed E-state index contributed by atoms with van der Waals surface area (Å²) in [5.74, 6) is 0.483. The van der Waals surface area contributed by atoms with Gasteiger partial charge in [-0.05, 0) is 42.7 Å². The highest BCUT2D eigenvalue weighted by atomic mass is 16.5. The molecular formula is C23H24N4O4. The zero-order valence-electron chi connectivity index (χ0n) is 17.3. The molecule has 5 rings (SSSR count). The summed E-state index contributed by atoms with van der Waals surface area (Å²) in [5, 5.41) is 11.6. The number of hydrogen-bond acceptors (Lipinski definition) is 6. The van der Waals surface area contributed by atoms with E-state index in [1.54, 1.807) is 29.0 Å². The van der Waals surface area contributed by atoms with Crippen molar-refractivity contribution in [2.24, 2.45) is 9.98 Å². The van der Waals surface area contributed by atoms with Crippen LogP contribution >= 0.6 is 0 Å². The number of nitrogens with zero attached hydrogens (tertiary/aromatic N) is 4. The lowest BCUT2D eigenvalue weighted by atomic mass is 10.1. The maximum atomic E-state index is 12.9. The average Bonchev–Trinajstić information content (AvgIpc) is 3.42. The lowest BCUT2D eigenvalue weighted by Crippen LogP contribution is -2.53. The van der Waals surface area contributed by atoms with E-state index in [2.05, 4.69) is 9.98 Å². The molecule has 8 nitrogen and oxygen atoms in total. The van der Waals surface area contributed by atoms with Crippen LogP contribution in [0.5, 0.6) is 5.75 Å². The minimum absolute atomic E-state index is 0.0582. The Morgan fingerprint density at radius 1 is 0.968 bits per heavy atom. The van der Waals surface area contributed by atoms with E-state index in [0.29, 0.717) is 44.6 Å². The summed E-state index contributed by atoms with van der Waals surface area (Å²) in [7, 11) is 1.62. The first kappa shape index (κ1) is 19.7. The third kappa shape index (κ3) is 3.67. The third-order valence-corrected chi connectivity index (χ3v) is 6.14. The van der Waals surface area contributed by atoms with Crippen LogP contribution in [0.15, 0.2) is 52.4 Å². The van der Waals surface area contributed by atoms with E-state index in [9.17, 15) is 14.7 Å². The Hall–Kier alpha value is -3.26. The van der Waals surface area contributed by atoms with Crippen LogP contribution in [0.2, 0.25) is 0 Å². The van der Waals surface area contributed by atoms with Crippen molar-refractivity contribution in [1.82, 2.24) is 9.80 Å². The fourth-order valence-corrected chi connectivity index (χ4v) is 4.00. The molecule has 0 spiro atoms. The third-order valence-electron chi connectivity index (χ3n) is 6.14. The number of aliphatic hydroxyl groups is 1. The van der Waals surface area contributed by atoms with Crippen LogP contribution in [0, 0.1) is 0 Å². The first-order chi connectivity index (χ1) is 15.0. The highest BCUT2D eigenvalue weighted by Crippen LogP contribution is 2.37. The molecule has 0 radical (unpaired) electrons. The Kier molecular flexibility index (Phi) is 4.74. The van der Waals surface area contributed by atoms with Crippen molar-refractivity contribution in [1.29, 1.82) is 0 Å². The number of amides is 2. The second-order valence-electron chi connectivity index (χ2n) is 8.22. The van der Waals surface area contributed by atoms with Gasteiger partial charge in [0.05, 0.1) is 17.8 Å². The molecule has 2 aromatic carbocycles. The van der Waals surface area contributed by atoms with E-state index in [-0.39, 0.29) is 18.0 Å². The van der Waals surface area contributed by atoms with Gasteiger partial charge in [0.15, 0.2) is 6.17 Å². The molecule has 1 saturated carbocycles. The molecule has 1 aliphatic carbocycles. The second kappa shape index (κ2) is 7.46. The topological polar surface area (TPSA) is 94.8 Å². The Balaban J connectivity index is 1.24. The maximum absolute atomic E-state index is 12.9. The van der Waals surface area contributed by atoms with Crippen LogP contribution in [0.3, 0.4) is 0 Å². The van der Waals surface area contributed by atoms with Crippen LogP contribution < -0.4 is 15.5 Å². The van der Waals surface area contributed by atoms with E-state index in [1.165, 1.54) is 0 Å². The first-order valence-electron chi connectivity index (χ1n) is 10.5. The van der Waals surface area contributed by atoms with Gasteiger partial charge in [0.2, 0.25) is 0 Å². The van der Waals surface area contributed by atoms with Crippen molar-refractivity contribution in [3.05, 3.63) is 64.3 Å². The van der Waals surface area contributed by atoms with Crippen molar-refractivity contribution in [3.8, 4) is 5.75 Å². The zero-order valence-corrected chi connectivity index (χ0v) is 17.3. The minimum atomic E-state index is -1.15. The van der Waals surface area contributed by atoms with E-state index in [0.717, 1.165) is 22.0 Å². The van der Waals surface area contributed by atoms with Gasteiger partial charge >= 0.3 is 0 Å². The predicted molar refractivity (Wildman–Crippen MR) is 111 cm³/mol. The van der Waals surface area contributed by atoms with Crippen molar-refractivity contribution in [2.75, 3.05) is 33.3 Å². The van der Waals surface area contributed by atoms with Crippen molar-refractivity contribution in [3.63, 3.8) is 0 Å². The van der Waals surface area contributed by atoms with Gasteiger partial charge in [-0.15, -0.1) is 0 Å².